The van der Waals surface area contributed by atoms with Crippen molar-refractivity contribution in [3.05, 3.63) is 76.5 Å². The van der Waals surface area contributed by atoms with Crippen LogP contribution < -0.4 is 4.74 Å². The average molecular weight is 349 g/mol. The van der Waals surface area contributed by atoms with E-state index in [1.807, 2.05) is 0 Å². The Labute approximate surface area is 142 Å². The van der Waals surface area contributed by atoms with Gasteiger partial charge in [0.15, 0.2) is 11.5 Å². The molecule has 1 N–H and O–H groups in total. The predicted octanol–water partition coefficient (Wildman–Crippen LogP) is 6.30. The Balaban J connectivity index is 1.88. The fourth-order valence-electron chi connectivity index (χ4n) is 2.10. The van der Waals surface area contributed by atoms with Crippen LogP contribution in [0, 0.1) is 5.82 Å². The van der Waals surface area contributed by atoms with E-state index in [1.165, 1.54) is 12.1 Å². The Bertz CT molecular complexity index is 848. The quantitative estimate of drug-likeness (QED) is 0.601. The molecule has 0 heterocycles. The van der Waals surface area contributed by atoms with Gasteiger partial charge in [0.1, 0.15) is 11.6 Å². The maximum Gasteiger partial charge on any atom is 0.169 e. The van der Waals surface area contributed by atoms with Gasteiger partial charge in [-0.2, -0.15) is 0 Å². The van der Waals surface area contributed by atoms with Gasteiger partial charge in [-0.3, -0.25) is 0 Å². The van der Waals surface area contributed by atoms with Crippen LogP contribution in [0.15, 0.2) is 60.7 Å². The van der Waals surface area contributed by atoms with Gasteiger partial charge in [-0.1, -0.05) is 41.4 Å². The fraction of sp³-hybridized carbons (Fsp3) is 0. The summed E-state index contributed by atoms with van der Waals surface area (Å²) in [5, 5.41) is 11.0. The number of halogens is 3. The second-order valence-electron chi connectivity index (χ2n) is 4.87. The molecule has 116 valence electrons. The van der Waals surface area contributed by atoms with Crippen molar-refractivity contribution in [2.24, 2.45) is 0 Å². The van der Waals surface area contributed by atoms with Crippen molar-refractivity contribution in [2.45, 2.75) is 0 Å². The van der Waals surface area contributed by atoms with Gasteiger partial charge in [-0.25, -0.2) is 4.39 Å². The van der Waals surface area contributed by atoms with Crippen molar-refractivity contribution >= 4 is 23.2 Å². The average Bonchev–Trinajstić information content (AvgIpc) is 2.52. The minimum absolute atomic E-state index is 0.0437. The summed E-state index contributed by atoms with van der Waals surface area (Å²) in [6.07, 6.45) is 0. The molecule has 0 radical (unpaired) electrons. The summed E-state index contributed by atoms with van der Waals surface area (Å²) in [4.78, 5) is 0. The molecule has 0 atom stereocenters. The van der Waals surface area contributed by atoms with E-state index in [9.17, 15) is 9.50 Å². The lowest BCUT2D eigenvalue weighted by molar-refractivity contribution is 0.411. The summed E-state index contributed by atoms with van der Waals surface area (Å²) in [6, 6.07) is 15.8. The van der Waals surface area contributed by atoms with E-state index >= 15 is 0 Å². The van der Waals surface area contributed by atoms with Crippen molar-refractivity contribution in [1.82, 2.24) is 0 Å². The van der Waals surface area contributed by atoms with Crippen LogP contribution in [0.4, 0.5) is 4.39 Å². The number of phenolic OH excluding ortho intramolecular Hbond substituents is 1. The standard InChI is InChI=1S/C18H11Cl2FO2/c19-13-4-8-17(15(20)10-13)23-18-7-3-12(9-16(18)22)11-1-5-14(21)6-2-11/h1-10,22H. The van der Waals surface area contributed by atoms with Gasteiger partial charge in [0, 0.05) is 5.02 Å². The van der Waals surface area contributed by atoms with Crippen LogP contribution in [0.1, 0.15) is 0 Å². The van der Waals surface area contributed by atoms with E-state index in [4.69, 9.17) is 27.9 Å². The molecule has 0 fully saturated rings. The smallest absolute Gasteiger partial charge is 0.169 e. The van der Waals surface area contributed by atoms with Crippen molar-refractivity contribution in [3.8, 4) is 28.4 Å². The van der Waals surface area contributed by atoms with Gasteiger partial charge in [0.2, 0.25) is 0 Å². The van der Waals surface area contributed by atoms with E-state index in [1.54, 1.807) is 48.5 Å². The molecule has 0 saturated carbocycles. The minimum atomic E-state index is -0.310. The number of ether oxygens (including phenoxy) is 1. The van der Waals surface area contributed by atoms with Crippen LogP contribution in [0.3, 0.4) is 0 Å². The Hall–Kier alpha value is -2.23. The first-order valence-corrected chi connectivity index (χ1v) is 7.50. The van der Waals surface area contributed by atoms with Crippen LogP contribution in [-0.2, 0) is 0 Å². The third-order valence-corrected chi connectivity index (χ3v) is 3.78. The lowest BCUT2D eigenvalue weighted by Gasteiger charge is -2.11. The Kier molecular flexibility index (Phi) is 4.42. The highest BCUT2D eigenvalue weighted by atomic mass is 35.5. The monoisotopic (exact) mass is 348 g/mol. The Morgan fingerprint density at radius 1 is 0.783 bits per heavy atom. The number of benzene rings is 3. The maximum atomic E-state index is 13.0. The van der Waals surface area contributed by atoms with E-state index in [2.05, 4.69) is 0 Å². The Morgan fingerprint density at radius 3 is 2.09 bits per heavy atom. The third-order valence-electron chi connectivity index (χ3n) is 3.25. The SMILES string of the molecule is Oc1cc(-c2ccc(F)cc2)ccc1Oc1ccc(Cl)cc1Cl. The maximum absolute atomic E-state index is 13.0. The second kappa shape index (κ2) is 6.49. The van der Waals surface area contributed by atoms with E-state index in [0.717, 1.165) is 11.1 Å². The largest absolute Gasteiger partial charge is 0.504 e. The minimum Gasteiger partial charge on any atom is -0.504 e. The zero-order valence-corrected chi connectivity index (χ0v) is 13.3. The first-order chi connectivity index (χ1) is 11.0. The Morgan fingerprint density at radius 2 is 1.43 bits per heavy atom. The lowest BCUT2D eigenvalue weighted by Crippen LogP contribution is -1.87. The molecule has 0 spiro atoms. The molecule has 0 bridgehead atoms. The fourth-order valence-corrected chi connectivity index (χ4v) is 2.55. The third kappa shape index (κ3) is 3.58. The second-order valence-corrected chi connectivity index (χ2v) is 5.71. The molecule has 0 unspecified atom stereocenters. The molecule has 3 aromatic carbocycles. The first-order valence-electron chi connectivity index (χ1n) is 6.75. The normalized spacial score (nSPS) is 10.6. The number of aromatic hydroxyl groups is 1. The molecule has 0 saturated heterocycles. The van der Waals surface area contributed by atoms with E-state index < -0.39 is 0 Å². The van der Waals surface area contributed by atoms with Gasteiger partial charge < -0.3 is 9.84 Å². The van der Waals surface area contributed by atoms with Crippen molar-refractivity contribution < 1.29 is 14.2 Å². The molecule has 0 aliphatic rings. The highest BCUT2D eigenvalue weighted by molar-refractivity contribution is 6.35. The highest BCUT2D eigenvalue weighted by Gasteiger charge is 2.09. The van der Waals surface area contributed by atoms with Crippen LogP contribution >= 0.6 is 23.2 Å². The first kappa shape index (κ1) is 15.7. The van der Waals surface area contributed by atoms with Gasteiger partial charge in [0.05, 0.1) is 5.02 Å². The topological polar surface area (TPSA) is 29.5 Å². The number of hydrogen-bond acceptors (Lipinski definition) is 2. The number of phenols is 1. The van der Waals surface area contributed by atoms with E-state index in [0.29, 0.717) is 15.8 Å². The molecular weight excluding hydrogens is 338 g/mol. The highest BCUT2D eigenvalue weighted by Crippen LogP contribution is 2.37. The number of hydrogen-bond donors (Lipinski definition) is 1. The molecular formula is C18H11Cl2FO2. The van der Waals surface area contributed by atoms with Gasteiger partial charge in [-0.05, 0) is 53.6 Å². The molecule has 5 heteroatoms. The summed E-state index contributed by atoms with van der Waals surface area (Å²) < 4.78 is 18.6. The molecule has 0 aliphatic heterocycles. The van der Waals surface area contributed by atoms with Crippen LogP contribution in [-0.4, -0.2) is 5.11 Å². The van der Waals surface area contributed by atoms with Crippen LogP contribution in [0.25, 0.3) is 11.1 Å². The molecule has 2 nitrogen and oxygen atoms in total. The van der Waals surface area contributed by atoms with E-state index in [-0.39, 0.29) is 17.3 Å². The van der Waals surface area contributed by atoms with Crippen molar-refractivity contribution in [1.29, 1.82) is 0 Å². The summed E-state index contributed by atoms with van der Waals surface area (Å²) in [7, 11) is 0. The summed E-state index contributed by atoms with van der Waals surface area (Å²) in [6.45, 7) is 0. The summed E-state index contributed by atoms with van der Waals surface area (Å²) in [5.41, 5.74) is 1.54. The van der Waals surface area contributed by atoms with Gasteiger partial charge in [-0.15, -0.1) is 0 Å². The zero-order valence-electron chi connectivity index (χ0n) is 11.8. The van der Waals surface area contributed by atoms with Crippen LogP contribution in [0.2, 0.25) is 10.0 Å². The predicted molar refractivity (Wildman–Crippen MR) is 90.0 cm³/mol. The van der Waals surface area contributed by atoms with Gasteiger partial charge >= 0.3 is 0 Å². The molecule has 0 aromatic heterocycles. The molecule has 3 rings (SSSR count). The zero-order chi connectivity index (χ0) is 16.4. The summed E-state index contributed by atoms with van der Waals surface area (Å²) >= 11 is 11.9. The molecule has 0 aliphatic carbocycles. The van der Waals surface area contributed by atoms with Crippen molar-refractivity contribution in [3.63, 3.8) is 0 Å². The van der Waals surface area contributed by atoms with Gasteiger partial charge in [0.25, 0.3) is 0 Å². The lowest BCUT2D eigenvalue weighted by atomic mass is 10.1. The molecule has 23 heavy (non-hydrogen) atoms. The summed E-state index contributed by atoms with van der Waals surface area (Å²) in [5.74, 6) is 0.300. The molecule has 3 aromatic rings. The van der Waals surface area contributed by atoms with Crippen molar-refractivity contribution in [2.75, 3.05) is 0 Å². The molecule has 0 amide bonds. The van der Waals surface area contributed by atoms with Crippen LogP contribution in [0.5, 0.6) is 17.2 Å². The number of rotatable bonds is 3.